The molecule has 5 heteroatoms. The smallest absolute Gasteiger partial charge is 0.157 e. The zero-order valence-corrected chi connectivity index (χ0v) is 14.9. The van der Waals surface area contributed by atoms with Gasteiger partial charge in [-0.2, -0.15) is 0 Å². The number of unbranched alkanes of at least 4 members (excludes halogenated alkanes) is 2. The predicted octanol–water partition coefficient (Wildman–Crippen LogP) is 5.60. The molecule has 0 fully saturated rings. The highest BCUT2D eigenvalue weighted by Gasteiger charge is 2.16. The van der Waals surface area contributed by atoms with E-state index in [0.29, 0.717) is 11.0 Å². The molecule has 0 bridgehead atoms. The third-order valence-electron chi connectivity index (χ3n) is 4.14. The van der Waals surface area contributed by atoms with Crippen LogP contribution >= 0.6 is 23.2 Å². The third kappa shape index (κ3) is 3.31. The molecule has 0 radical (unpaired) electrons. The van der Waals surface area contributed by atoms with E-state index < -0.39 is 0 Å². The van der Waals surface area contributed by atoms with Crippen molar-refractivity contribution in [3.63, 3.8) is 0 Å². The Hall–Kier alpha value is -1.32. The first-order valence-corrected chi connectivity index (χ1v) is 9.16. The number of para-hydroxylation sites is 1. The SMILES string of the molecule is CCCCc1nc2c(Cl)nc3ccccc3c2n1CCCCCl. The molecule has 0 saturated carbocycles. The number of benzene rings is 1. The maximum absolute atomic E-state index is 6.41. The molecule has 23 heavy (non-hydrogen) atoms. The average Bonchev–Trinajstić information content (AvgIpc) is 2.93. The second-order valence-electron chi connectivity index (χ2n) is 5.80. The number of aryl methyl sites for hydroxylation is 2. The minimum absolute atomic E-state index is 0.493. The van der Waals surface area contributed by atoms with Gasteiger partial charge in [0.2, 0.25) is 0 Å². The van der Waals surface area contributed by atoms with Gasteiger partial charge < -0.3 is 4.57 Å². The number of fused-ring (bicyclic) bond motifs is 3. The van der Waals surface area contributed by atoms with E-state index in [2.05, 4.69) is 22.5 Å². The van der Waals surface area contributed by atoms with Gasteiger partial charge >= 0.3 is 0 Å². The summed E-state index contributed by atoms with van der Waals surface area (Å²) in [6.45, 7) is 3.12. The lowest BCUT2D eigenvalue weighted by atomic mass is 10.2. The number of rotatable bonds is 7. The monoisotopic (exact) mass is 349 g/mol. The van der Waals surface area contributed by atoms with Crippen LogP contribution in [-0.2, 0) is 13.0 Å². The fourth-order valence-corrected chi connectivity index (χ4v) is 3.39. The van der Waals surface area contributed by atoms with Crippen LogP contribution in [0.25, 0.3) is 21.9 Å². The molecule has 0 aliphatic rings. The van der Waals surface area contributed by atoms with Gasteiger partial charge in [0, 0.05) is 24.2 Å². The molecule has 3 nitrogen and oxygen atoms in total. The minimum Gasteiger partial charge on any atom is -0.327 e. The van der Waals surface area contributed by atoms with Crippen molar-refractivity contribution in [2.75, 3.05) is 5.88 Å². The molecule has 0 spiro atoms. The van der Waals surface area contributed by atoms with Gasteiger partial charge in [0.15, 0.2) is 5.15 Å². The van der Waals surface area contributed by atoms with Gasteiger partial charge in [-0.15, -0.1) is 11.6 Å². The molecule has 2 heterocycles. The van der Waals surface area contributed by atoms with Crippen molar-refractivity contribution in [1.29, 1.82) is 0 Å². The predicted molar refractivity (Wildman–Crippen MR) is 98.6 cm³/mol. The second-order valence-corrected chi connectivity index (χ2v) is 6.53. The van der Waals surface area contributed by atoms with Crippen LogP contribution in [0, 0.1) is 0 Å². The number of hydrogen-bond acceptors (Lipinski definition) is 2. The van der Waals surface area contributed by atoms with Gasteiger partial charge in [-0.25, -0.2) is 9.97 Å². The summed E-state index contributed by atoms with van der Waals surface area (Å²) < 4.78 is 2.33. The first-order chi connectivity index (χ1) is 11.3. The van der Waals surface area contributed by atoms with Gasteiger partial charge in [-0.3, -0.25) is 0 Å². The van der Waals surface area contributed by atoms with E-state index in [4.69, 9.17) is 28.2 Å². The van der Waals surface area contributed by atoms with E-state index in [1.54, 1.807) is 0 Å². The molecule has 0 aliphatic carbocycles. The first kappa shape index (κ1) is 16.5. The molecular weight excluding hydrogens is 329 g/mol. The van der Waals surface area contributed by atoms with Crippen LogP contribution in [0.5, 0.6) is 0 Å². The maximum atomic E-state index is 6.41. The van der Waals surface area contributed by atoms with Gasteiger partial charge in [-0.05, 0) is 25.3 Å². The summed E-state index contributed by atoms with van der Waals surface area (Å²) >= 11 is 12.3. The normalized spacial score (nSPS) is 11.6. The van der Waals surface area contributed by atoms with E-state index in [9.17, 15) is 0 Å². The van der Waals surface area contributed by atoms with Crippen molar-refractivity contribution in [1.82, 2.24) is 14.5 Å². The third-order valence-corrected chi connectivity index (χ3v) is 4.67. The van der Waals surface area contributed by atoms with Gasteiger partial charge in [0.05, 0.1) is 11.0 Å². The number of pyridine rings is 1. The van der Waals surface area contributed by atoms with Crippen molar-refractivity contribution < 1.29 is 0 Å². The molecular formula is C18H21Cl2N3. The fraction of sp³-hybridized carbons (Fsp3) is 0.444. The molecule has 0 unspecified atom stereocenters. The van der Waals surface area contributed by atoms with Crippen molar-refractivity contribution in [2.45, 2.75) is 45.6 Å². The second kappa shape index (κ2) is 7.50. The lowest BCUT2D eigenvalue weighted by molar-refractivity contribution is 0.606. The summed E-state index contributed by atoms with van der Waals surface area (Å²) in [5, 5.41) is 1.61. The Labute approximate surface area is 146 Å². The van der Waals surface area contributed by atoms with Gasteiger partial charge in [0.25, 0.3) is 0 Å². The molecule has 0 N–H and O–H groups in total. The molecule has 3 rings (SSSR count). The number of nitrogens with zero attached hydrogens (tertiary/aromatic N) is 3. The van der Waals surface area contributed by atoms with E-state index in [1.165, 1.54) is 0 Å². The Balaban J connectivity index is 2.19. The van der Waals surface area contributed by atoms with Crippen molar-refractivity contribution in [3.05, 3.63) is 35.2 Å². The van der Waals surface area contributed by atoms with E-state index in [-0.39, 0.29) is 0 Å². The summed E-state index contributed by atoms with van der Waals surface area (Å²) in [4.78, 5) is 9.32. The zero-order chi connectivity index (χ0) is 16.2. The molecule has 0 saturated heterocycles. The number of hydrogen-bond donors (Lipinski definition) is 0. The summed E-state index contributed by atoms with van der Waals surface area (Å²) in [6.07, 6.45) is 5.30. The highest BCUT2D eigenvalue weighted by molar-refractivity contribution is 6.35. The van der Waals surface area contributed by atoms with Gasteiger partial charge in [-0.1, -0.05) is 43.1 Å². The number of aromatic nitrogens is 3. The fourth-order valence-electron chi connectivity index (χ4n) is 2.98. The largest absolute Gasteiger partial charge is 0.327 e. The van der Waals surface area contributed by atoms with Crippen molar-refractivity contribution in [2.24, 2.45) is 0 Å². The van der Waals surface area contributed by atoms with E-state index >= 15 is 0 Å². The molecule has 0 atom stereocenters. The van der Waals surface area contributed by atoms with Crippen LogP contribution in [0.3, 0.4) is 0 Å². The Morgan fingerprint density at radius 2 is 1.91 bits per heavy atom. The lowest BCUT2D eigenvalue weighted by Crippen LogP contribution is -2.05. The van der Waals surface area contributed by atoms with Gasteiger partial charge in [0.1, 0.15) is 11.3 Å². The Bertz CT molecular complexity index is 811. The summed E-state index contributed by atoms with van der Waals surface area (Å²) in [6, 6.07) is 8.13. The van der Waals surface area contributed by atoms with Crippen LogP contribution < -0.4 is 0 Å². The number of imidazole rings is 1. The number of alkyl halides is 1. The lowest BCUT2D eigenvalue weighted by Gasteiger charge is -2.10. The highest BCUT2D eigenvalue weighted by Crippen LogP contribution is 2.30. The minimum atomic E-state index is 0.493. The Morgan fingerprint density at radius 1 is 1.09 bits per heavy atom. The topological polar surface area (TPSA) is 30.7 Å². The highest BCUT2D eigenvalue weighted by atomic mass is 35.5. The molecule has 122 valence electrons. The maximum Gasteiger partial charge on any atom is 0.157 e. The quantitative estimate of drug-likeness (QED) is 0.315. The molecule has 0 amide bonds. The van der Waals surface area contributed by atoms with Crippen LogP contribution in [0.4, 0.5) is 0 Å². The Kier molecular flexibility index (Phi) is 5.39. The summed E-state index contributed by atoms with van der Waals surface area (Å²) in [5.74, 6) is 1.80. The van der Waals surface area contributed by atoms with Crippen molar-refractivity contribution in [3.8, 4) is 0 Å². The van der Waals surface area contributed by atoms with Crippen LogP contribution in [-0.4, -0.2) is 20.4 Å². The average molecular weight is 350 g/mol. The van der Waals surface area contributed by atoms with Crippen LogP contribution in [0.15, 0.2) is 24.3 Å². The van der Waals surface area contributed by atoms with Crippen LogP contribution in [0.2, 0.25) is 5.15 Å². The number of halogens is 2. The van der Waals surface area contributed by atoms with Crippen LogP contribution in [0.1, 0.15) is 38.4 Å². The van der Waals surface area contributed by atoms with Crippen molar-refractivity contribution >= 4 is 45.1 Å². The standard InChI is InChI=1S/C18H21Cl2N3/c1-2-3-10-15-22-16-17(23(15)12-7-6-11-19)13-8-4-5-9-14(13)21-18(16)20/h4-5,8-9H,2-3,6-7,10-12H2,1H3. The molecule has 0 aliphatic heterocycles. The summed E-state index contributed by atoms with van der Waals surface area (Å²) in [5.41, 5.74) is 2.86. The van der Waals surface area contributed by atoms with E-state index in [0.717, 1.165) is 66.4 Å². The molecule has 1 aromatic carbocycles. The molecule has 2 aromatic heterocycles. The Morgan fingerprint density at radius 3 is 2.70 bits per heavy atom. The zero-order valence-electron chi connectivity index (χ0n) is 13.4. The summed E-state index contributed by atoms with van der Waals surface area (Å²) in [7, 11) is 0. The molecule has 3 aromatic rings. The first-order valence-electron chi connectivity index (χ1n) is 8.25. The van der Waals surface area contributed by atoms with E-state index in [1.807, 2.05) is 18.2 Å².